The molecule has 3 heterocycles. The monoisotopic (exact) mass is 468 g/mol. The van der Waals surface area contributed by atoms with Crippen molar-refractivity contribution in [1.82, 2.24) is 24.4 Å². The zero-order chi connectivity index (χ0) is 22.3. The lowest BCUT2D eigenvalue weighted by Gasteiger charge is -2.09. The van der Waals surface area contributed by atoms with Crippen molar-refractivity contribution in [3.05, 3.63) is 75.4 Å². The number of anilines is 1. The molecule has 160 valence electrons. The fraction of sp³-hybridized carbons (Fsp3) is 0.158. The molecule has 3 aromatic heterocycles. The lowest BCUT2D eigenvalue weighted by Crippen LogP contribution is -2.15. The van der Waals surface area contributed by atoms with Gasteiger partial charge >= 0.3 is 6.18 Å². The van der Waals surface area contributed by atoms with E-state index >= 15 is 0 Å². The zero-order valence-corrected chi connectivity index (χ0v) is 17.3. The predicted octanol–water partition coefficient (Wildman–Crippen LogP) is 4.86. The number of aromatic nitrogens is 5. The molecule has 1 N–H and O–H groups in total. The van der Waals surface area contributed by atoms with E-state index in [0.717, 1.165) is 11.6 Å². The minimum atomic E-state index is -4.70. The number of halogens is 5. The summed E-state index contributed by atoms with van der Waals surface area (Å²) in [4.78, 5) is 16.6. The van der Waals surface area contributed by atoms with E-state index in [1.54, 1.807) is 23.0 Å². The van der Waals surface area contributed by atoms with E-state index in [4.69, 9.17) is 23.2 Å². The number of hydrogen-bond donors (Lipinski definition) is 1. The number of nitrogens with one attached hydrogen (secondary N) is 1. The Morgan fingerprint density at radius 1 is 1.19 bits per heavy atom. The van der Waals surface area contributed by atoms with Crippen LogP contribution in [-0.2, 0) is 12.7 Å². The number of carbonyl (C=O) groups excluding carboxylic acids is 1. The Bertz CT molecular complexity index is 1280. The SMILES string of the molecule is Cc1cc(C(F)(F)F)n2nc(C(=O)Nc3cnn(Cc4ccc(Cl)cc4)c3)c(Cl)c2n1. The first-order chi connectivity index (χ1) is 14.6. The van der Waals surface area contributed by atoms with Crippen LogP contribution in [0.4, 0.5) is 18.9 Å². The maximum absolute atomic E-state index is 13.3. The van der Waals surface area contributed by atoms with Crippen LogP contribution < -0.4 is 5.32 Å². The molecular weight excluding hydrogens is 456 g/mol. The molecule has 0 radical (unpaired) electrons. The summed E-state index contributed by atoms with van der Waals surface area (Å²) < 4.78 is 42.1. The Labute approximate surface area is 183 Å². The molecule has 0 aliphatic heterocycles. The van der Waals surface area contributed by atoms with Crippen LogP contribution >= 0.6 is 23.2 Å². The van der Waals surface area contributed by atoms with Gasteiger partial charge < -0.3 is 5.32 Å². The number of alkyl halides is 3. The minimum Gasteiger partial charge on any atom is -0.318 e. The van der Waals surface area contributed by atoms with Crippen LogP contribution in [0.25, 0.3) is 5.65 Å². The van der Waals surface area contributed by atoms with Gasteiger partial charge in [0.2, 0.25) is 0 Å². The average Bonchev–Trinajstić information content (AvgIpc) is 3.27. The molecular formula is C19H13Cl2F3N6O. The van der Waals surface area contributed by atoms with E-state index in [0.29, 0.717) is 21.8 Å². The number of hydrogen-bond acceptors (Lipinski definition) is 4. The molecule has 31 heavy (non-hydrogen) atoms. The second-order valence-electron chi connectivity index (χ2n) is 6.69. The van der Waals surface area contributed by atoms with E-state index in [2.05, 4.69) is 20.5 Å². The number of fused-ring (bicyclic) bond motifs is 1. The molecule has 1 aromatic carbocycles. The van der Waals surface area contributed by atoms with Crippen molar-refractivity contribution in [2.45, 2.75) is 19.6 Å². The summed E-state index contributed by atoms with van der Waals surface area (Å²) in [5, 5.41) is 10.8. The Balaban J connectivity index is 1.58. The summed E-state index contributed by atoms with van der Waals surface area (Å²) in [6.45, 7) is 1.83. The van der Waals surface area contributed by atoms with Gasteiger partial charge in [-0.25, -0.2) is 9.50 Å². The third kappa shape index (κ3) is 4.35. The standard InChI is InChI=1S/C19H13Cl2F3N6O/c1-10-6-14(19(22,23)24)30-17(26-10)15(21)16(28-30)18(31)27-13-7-25-29(9-13)8-11-2-4-12(20)5-3-11/h2-7,9H,8H2,1H3,(H,27,31). The molecule has 7 nitrogen and oxygen atoms in total. The highest BCUT2D eigenvalue weighted by Crippen LogP contribution is 2.32. The molecule has 0 saturated carbocycles. The first-order valence-electron chi connectivity index (χ1n) is 8.83. The topological polar surface area (TPSA) is 77.1 Å². The van der Waals surface area contributed by atoms with Crippen molar-refractivity contribution in [3.8, 4) is 0 Å². The van der Waals surface area contributed by atoms with Crippen molar-refractivity contribution >= 4 is 40.4 Å². The maximum Gasteiger partial charge on any atom is 0.433 e. The number of carbonyl (C=O) groups is 1. The summed E-state index contributed by atoms with van der Waals surface area (Å²) in [5.74, 6) is -0.785. The summed E-state index contributed by atoms with van der Waals surface area (Å²) in [6.07, 6.45) is -1.72. The largest absolute Gasteiger partial charge is 0.433 e. The number of nitrogens with zero attached hydrogens (tertiary/aromatic N) is 5. The number of amides is 1. The summed E-state index contributed by atoms with van der Waals surface area (Å²) in [6, 6.07) is 8.01. The van der Waals surface area contributed by atoms with Gasteiger partial charge in [0.1, 0.15) is 10.7 Å². The van der Waals surface area contributed by atoms with Crippen molar-refractivity contribution < 1.29 is 18.0 Å². The molecule has 0 spiro atoms. The fourth-order valence-electron chi connectivity index (χ4n) is 2.94. The van der Waals surface area contributed by atoms with Gasteiger partial charge in [-0.05, 0) is 30.7 Å². The minimum absolute atomic E-state index is 0.0945. The van der Waals surface area contributed by atoms with Crippen molar-refractivity contribution in [1.29, 1.82) is 0 Å². The Hall–Kier alpha value is -3.11. The number of rotatable bonds is 4. The van der Waals surface area contributed by atoms with Crippen molar-refractivity contribution in [2.75, 3.05) is 5.32 Å². The van der Waals surface area contributed by atoms with Crippen LogP contribution in [0.1, 0.15) is 27.4 Å². The van der Waals surface area contributed by atoms with E-state index in [1.165, 1.54) is 13.1 Å². The van der Waals surface area contributed by atoms with Crippen LogP contribution in [0.2, 0.25) is 10.0 Å². The zero-order valence-electron chi connectivity index (χ0n) is 15.8. The first-order valence-corrected chi connectivity index (χ1v) is 9.59. The molecule has 0 unspecified atom stereocenters. The van der Waals surface area contributed by atoms with Gasteiger partial charge in [0.25, 0.3) is 5.91 Å². The Morgan fingerprint density at radius 2 is 1.90 bits per heavy atom. The van der Waals surface area contributed by atoms with Crippen molar-refractivity contribution in [3.63, 3.8) is 0 Å². The lowest BCUT2D eigenvalue weighted by atomic mass is 10.2. The highest BCUT2D eigenvalue weighted by molar-refractivity contribution is 6.37. The Morgan fingerprint density at radius 3 is 2.58 bits per heavy atom. The van der Waals surface area contributed by atoms with Gasteiger partial charge in [-0.3, -0.25) is 9.48 Å². The van der Waals surface area contributed by atoms with Gasteiger partial charge in [-0.15, -0.1) is 0 Å². The normalized spacial score (nSPS) is 11.8. The highest BCUT2D eigenvalue weighted by atomic mass is 35.5. The molecule has 12 heteroatoms. The molecule has 4 aromatic rings. The van der Waals surface area contributed by atoms with E-state index < -0.39 is 17.8 Å². The average molecular weight is 469 g/mol. The molecule has 0 aliphatic carbocycles. The lowest BCUT2D eigenvalue weighted by molar-refractivity contribution is -0.142. The second kappa shape index (κ2) is 7.86. The third-order valence-electron chi connectivity index (χ3n) is 4.32. The molecule has 0 aliphatic rings. The predicted molar refractivity (Wildman–Crippen MR) is 108 cm³/mol. The van der Waals surface area contributed by atoms with Crippen LogP contribution in [0.3, 0.4) is 0 Å². The van der Waals surface area contributed by atoms with Gasteiger partial charge in [0.05, 0.1) is 18.4 Å². The highest BCUT2D eigenvalue weighted by Gasteiger charge is 2.36. The molecule has 0 fully saturated rings. The summed E-state index contributed by atoms with van der Waals surface area (Å²) in [5.41, 5.74) is -0.348. The fourth-order valence-corrected chi connectivity index (χ4v) is 3.31. The second-order valence-corrected chi connectivity index (χ2v) is 7.50. The van der Waals surface area contributed by atoms with E-state index in [1.807, 2.05) is 12.1 Å². The molecule has 4 rings (SSSR count). The number of aryl methyl sites for hydroxylation is 1. The quantitative estimate of drug-likeness (QED) is 0.463. The van der Waals surface area contributed by atoms with Gasteiger partial charge in [0.15, 0.2) is 11.3 Å². The van der Waals surface area contributed by atoms with Crippen LogP contribution in [0.5, 0.6) is 0 Å². The maximum atomic E-state index is 13.3. The molecule has 0 atom stereocenters. The van der Waals surface area contributed by atoms with Gasteiger partial charge in [-0.1, -0.05) is 35.3 Å². The third-order valence-corrected chi connectivity index (χ3v) is 4.92. The smallest absolute Gasteiger partial charge is 0.318 e. The number of benzene rings is 1. The van der Waals surface area contributed by atoms with Gasteiger partial charge in [-0.2, -0.15) is 23.4 Å². The van der Waals surface area contributed by atoms with E-state index in [9.17, 15) is 18.0 Å². The van der Waals surface area contributed by atoms with Crippen LogP contribution in [0, 0.1) is 6.92 Å². The molecule has 0 bridgehead atoms. The Kier molecular flexibility index (Phi) is 5.36. The van der Waals surface area contributed by atoms with Gasteiger partial charge in [0, 0.05) is 16.9 Å². The molecule has 0 saturated heterocycles. The van der Waals surface area contributed by atoms with Crippen LogP contribution in [0.15, 0.2) is 42.7 Å². The summed E-state index contributed by atoms with van der Waals surface area (Å²) in [7, 11) is 0. The van der Waals surface area contributed by atoms with Crippen LogP contribution in [-0.4, -0.2) is 30.3 Å². The van der Waals surface area contributed by atoms with Crippen molar-refractivity contribution in [2.24, 2.45) is 0 Å². The first kappa shape index (κ1) is 21.1. The van der Waals surface area contributed by atoms with E-state index in [-0.39, 0.29) is 22.1 Å². The summed E-state index contributed by atoms with van der Waals surface area (Å²) >= 11 is 12.0. The molecule has 1 amide bonds.